The van der Waals surface area contributed by atoms with Gasteiger partial charge in [0.1, 0.15) is 5.75 Å². The highest BCUT2D eigenvalue weighted by Gasteiger charge is 2.21. The summed E-state index contributed by atoms with van der Waals surface area (Å²) in [6, 6.07) is 12.8. The summed E-state index contributed by atoms with van der Waals surface area (Å²) < 4.78 is 5.30. The van der Waals surface area contributed by atoms with Crippen LogP contribution in [0.25, 0.3) is 0 Å². The molecule has 1 aliphatic rings. The number of nitrogens with zero attached hydrogens (tertiary/aromatic N) is 1. The van der Waals surface area contributed by atoms with E-state index < -0.39 is 0 Å². The third-order valence-electron chi connectivity index (χ3n) is 4.48. The van der Waals surface area contributed by atoms with Gasteiger partial charge in [-0.15, -0.1) is 0 Å². The Hall–Kier alpha value is -3.02. The number of hydrogen-bond acceptors (Lipinski definition) is 3. The van der Waals surface area contributed by atoms with E-state index in [1.165, 1.54) is 0 Å². The molecular formula is C20H23N3O3. The Morgan fingerprint density at radius 1 is 1.15 bits per heavy atom. The van der Waals surface area contributed by atoms with Gasteiger partial charge < -0.3 is 15.8 Å². The maximum atomic E-state index is 12.8. The number of hydrogen-bond donors (Lipinski definition) is 2. The van der Waals surface area contributed by atoms with Crippen LogP contribution in [0.1, 0.15) is 24.0 Å². The lowest BCUT2D eigenvalue weighted by molar-refractivity contribution is -0.117. The maximum Gasteiger partial charge on any atom is 0.326 e. The quantitative estimate of drug-likeness (QED) is 0.886. The molecule has 0 spiro atoms. The molecule has 3 rings (SSSR count). The van der Waals surface area contributed by atoms with Crippen molar-refractivity contribution in [2.75, 3.05) is 23.9 Å². The fourth-order valence-corrected chi connectivity index (χ4v) is 3.17. The zero-order chi connectivity index (χ0) is 18.5. The number of aryl methyl sites for hydroxylation is 1. The summed E-state index contributed by atoms with van der Waals surface area (Å²) >= 11 is 0. The Balaban J connectivity index is 1.76. The Kier molecular flexibility index (Phi) is 5.41. The molecule has 0 aliphatic carbocycles. The van der Waals surface area contributed by atoms with E-state index in [4.69, 9.17) is 10.5 Å². The number of rotatable bonds is 4. The standard InChI is InChI=1S/C20H23N3O3/c1-26-17-9-10-18-15(13-17)4-2-3-11-23(18)20(25)22-16-7-5-14(6-8-16)12-19(21)24/h5-10,13H,2-4,11-12H2,1H3,(H2,21,24)(H,22,25). The van der Waals surface area contributed by atoms with E-state index in [2.05, 4.69) is 5.32 Å². The van der Waals surface area contributed by atoms with Crippen molar-refractivity contribution in [3.63, 3.8) is 0 Å². The van der Waals surface area contributed by atoms with Crippen molar-refractivity contribution < 1.29 is 14.3 Å². The van der Waals surface area contributed by atoms with Crippen LogP contribution in [0.2, 0.25) is 0 Å². The molecule has 136 valence electrons. The summed E-state index contributed by atoms with van der Waals surface area (Å²) in [5.74, 6) is 0.425. The molecule has 6 nitrogen and oxygen atoms in total. The van der Waals surface area contributed by atoms with Gasteiger partial charge in [-0.05, 0) is 60.7 Å². The predicted octanol–water partition coefficient (Wildman–Crippen LogP) is 3.10. The molecule has 2 aromatic rings. The lowest BCUT2D eigenvalue weighted by Gasteiger charge is -2.23. The van der Waals surface area contributed by atoms with Gasteiger partial charge >= 0.3 is 6.03 Å². The number of carbonyl (C=O) groups excluding carboxylic acids is 2. The number of benzene rings is 2. The predicted molar refractivity (Wildman–Crippen MR) is 102 cm³/mol. The first-order chi connectivity index (χ1) is 12.6. The van der Waals surface area contributed by atoms with Crippen LogP contribution in [-0.2, 0) is 17.6 Å². The number of primary amides is 1. The van der Waals surface area contributed by atoms with Crippen LogP contribution in [0.3, 0.4) is 0 Å². The van der Waals surface area contributed by atoms with E-state index >= 15 is 0 Å². The minimum absolute atomic E-state index is 0.166. The van der Waals surface area contributed by atoms with E-state index in [1.54, 1.807) is 36.3 Å². The van der Waals surface area contributed by atoms with Gasteiger partial charge in [0.05, 0.1) is 13.5 Å². The maximum absolute atomic E-state index is 12.8. The van der Waals surface area contributed by atoms with Crippen LogP contribution in [0, 0.1) is 0 Å². The van der Waals surface area contributed by atoms with E-state index in [0.29, 0.717) is 12.2 Å². The number of amides is 3. The first kappa shape index (κ1) is 17.8. The lowest BCUT2D eigenvalue weighted by atomic mass is 10.1. The van der Waals surface area contributed by atoms with Crippen molar-refractivity contribution in [1.29, 1.82) is 0 Å². The third-order valence-corrected chi connectivity index (χ3v) is 4.48. The topological polar surface area (TPSA) is 84.7 Å². The fourth-order valence-electron chi connectivity index (χ4n) is 3.17. The SMILES string of the molecule is COc1ccc2c(c1)CCCCN2C(=O)Nc1ccc(CC(N)=O)cc1. The van der Waals surface area contributed by atoms with Gasteiger partial charge in [-0.3, -0.25) is 9.69 Å². The summed E-state index contributed by atoms with van der Waals surface area (Å²) in [5, 5.41) is 2.93. The van der Waals surface area contributed by atoms with E-state index in [1.807, 2.05) is 18.2 Å². The molecule has 6 heteroatoms. The van der Waals surface area contributed by atoms with Crippen LogP contribution in [-0.4, -0.2) is 25.6 Å². The molecule has 3 amide bonds. The Morgan fingerprint density at radius 2 is 1.92 bits per heavy atom. The molecular weight excluding hydrogens is 330 g/mol. The Bertz CT molecular complexity index is 802. The number of ether oxygens (including phenoxy) is 1. The number of nitrogens with one attached hydrogen (secondary N) is 1. The summed E-state index contributed by atoms with van der Waals surface area (Å²) in [4.78, 5) is 25.6. The molecule has 0 bridgehead atoms. The molecule has 0 saturated heterocycles. The minimum Gasteiger partial charge on any atom is -0.497 e. The summed E-state index contributed by atoms with van der Waals surface area (Å²) in [6.45, 7) is 0.672. The first-order valence-corrected chi connectivity index (χ1v) is 8.69. The number of anilines is 2. The average molecular weight is 353 g/mol. The molecule has 1 heterocycles. The number of methoxy groups -OCH3 is 1. The van der Waals surface area contributed by atoms with Crippen molar-refractivity contribution in [3.05, 3.63) is 53.6 Å². The number of carbonyl (C=O) groups is 2. The highest BCUT2D eigenvalue weighted by atomic mass is 16.5. The van der Waals surface area contributed by atoms with Crippen LogP contribution >= 0.6 is 0 Å². The van der Waals surface area contributed by atoms with Gasteiger partial charge in [-0.1, -0.05) is 12.1 Å². The zero-order valence-corrected chi connectivity index (χ0v) is 14.8. The number of nitrogens with two attached hydrogens (primary N) is 1. The molecule has 0 saturated carbocycles. The van der Waals surface area contributed by atoms with Crippen molar-refractivity contribution >= 4 is 23.3 Å². The summed E-state index contributed by atoms with van der Waals surface area (Å²) in [5.41, 5.74) is 8.74. The normalized spacial score (nSPS) is 13.5. The highest BCUT2D eigenvalue weighted by molar-refractivity contribution is 6.02. The monoisotopic (exact) mass is 353 g/mol. The van der Waals surface area contributed by atoms with Gasteiger partial charge in [0.15, 0.2) is 0 Å². The molecule has 0 aromatic heterocycles. The molecule has 1 aliphatic heterocycles. The molecule has 0 atom stereocenters. The van der Waals surface area contributed by atoms with E-state index in [0.717, 1.165) is 41.8 Å². The smallest absolute Gasteiger partial charge is 0.326 e. The minimum atomic E-state index is -0.376. The highest BCUT2D eigenvalue weighted by Crippen LogP contribution is 2.30. The van der Waals surface area contributed by atoms with Gasteiger partial charge in [0, 0.05) is 17.9 Å². The van der Waals surface area contributed by atoms with E-state index in [-0.39, 0.29) is 18.4 Å². The molecule has 2 aromatic carbocycles. The van der Waals surface area contributed by atoms with Crippen molar-refractivity contribution in [3.8, 4) is 5.75 Å². The van der Waals surface area contributed by atoms with Crippen LogP contribution < -0.4 is 20.7 Å². The van der Waals surface area contributed by atoms with Gasteiger partial charge in [-0.2, -0.15) is 0 Å². The largest absolute Gasteiger partial charge is 0.497 e. The number of fused-ring (bicyclic) bond motifs is 1. The second-order valence-electron chi connectivity index (χ2n) is 6.37. The van der Waals surface area contributed by atoms with Gasteiger partial charge in [0.2, 0.25) is 5.91 Å². The zero-order valence-electron chi connectivity index (χ0n) is 14.8. The molecule has 3 N–H and O–H groups in total. The lowest BCUT2D eigenvalue weighted by Crippen LogP contribution is -2.35. The van der Waals surface area contributed by atoms with Crippen molar-refractivity contribution in [2.45, 2.75) is 25.7 Å². The van der Waals surface area contributed by atoms with Gasteiger partial charge in [-0.25, -0.2) is 4.79 Å². The van der Waals surface area contributed by atoms with Crippen LogP contribution in [0.4, 0.5) is 16.2 Å². The first-order valence-electron chi connectivity index (χ1n) is 8.69. The van der Waals surface area contributed by atoms with Crippen molar-refractivity contribution in [2.24, 2.45) is 5.73 Å². The summed E-state index contributed by atoms with van der Waals surface area (Å²) in [6.07, 6.45) is 3.10. The number of urea groups is 1. The Morgan fingerprint density at radius 3 is 2.62 bits per heavy atom. The second kappa shape index (κ2) is 7.91. The van der Waals surface area contributed by atoms with E-state index in [9.17, 15) is 9.59 Å². The Labute approximate surface area is 152 Å². The second-order valence-corrected chi connectivity index (χ2v) is 6.37. The van der Waals surface area contributed by atoms with Crippen LogP contribution in [0.15, 0.2) is 42.5 Å². The van der Waals surface area contributed by atoms with Gasteiger partial charge in [0.25, 0.3) is 0 Å². The fraction of sp³-hybridized carbons (Fsp3) is 0.300. The average Bonchev–Trinajstić information content (AvgIpc) is 2.84. The molecule has 0 radical (unpaired) electrons. The molecule has 0 fully saturated rings. The third kappa shape index (κ3) is 4.14. The summed E-state index contributed by atoms with van der Waals surface area (Å²) in [7, 11) is 1.64. The molecule has 26 heavy (non-hydrogen) atoms. The molecule has 0 unspecified atom stereocenters. The van der Waals surface area contributed by atoms with Crippen LogP contribution in [0.5, 0.6) is 5.75 Å². The van der Waals surface area contributed by atoms with Crippen molar-refractivity contribution in [1.82, 2.24) is 0 Å².